The fourth-order valence-corrected chi connectivity index (χ4v) is 1.88. The number of carbonyl (C=O) groups is 1. The molecular formula is C12H18N4O. The molecule has 1 amide bonds. The second-order valence-corrected chi connectivity index (χ2v) is 4.18. The van der Waals surface area contributed by atoms with Crippen molar-refractivity contribution >= 4 is 11.6 Å². The highest BCUT2D eigenvalue weighted by molar-refractivity contribution is 5.94. The molecule has 0 saturated carbocycles. The maximum absolute atomic E-state index is 12.1. The van der Waals surface area contributed by atoms with Crippen molar-refractivity contribution in [3.05, 3.63) is 24.5 Å². The molecule has 0 aliphatic carbocycles. The molecule has 1 fully saturated rings. The van der Waals surface area contributed by atoms with Gasteiger partial charge < -0.3 is 10.2 Å². The standard InChI is InChI=1S/C12H18N4O/c1-15(11-2-4-13-5-3-11)12(17)10-16-8-6-14-7-9-16/h2-5,14H,6-10H2,1H3. The molecule has 1 aliphatic rings. The predicted molar refractivity (Wildman–Crippen MR) is 67.0 cm³/mol. The van der Waals surface area contributed by atoms with Crippen LogP contribution in [0.2, 0.25) is 0 Å². The molecule has 0 atom stereocenters. The van der Waals surface area contributed by atoms with E-state index in [0.29, 0.717) is 6.54 Å². The molecule has 92 valence electrons. The summed E-state index contributed by atoms with van der Waals surface area (Å²) in [5, 5.41) is 3.27. The van der Waals surface area contributed by atoms with Crippen LogP contribution in [-0.4, -0.2) is 55.6 Å². The average Bonchev–Trinajstić information content (AvgIpc) is 2.40. The second-order valence-electron chi connectivity index (χ2n) is 4.18. The van der Waals surface area contributed by atoms with Crippen LogP contribution in [0.5, 0.6) is 0 Å². The third kappa shape index (κ3) is 3.25. The Balaban J connectivity index is 1.91. The monoisotopic (exact) mass is 234 g/mol. The van der Waals surface area contributed by atoms with Crippen LogP contribution in [0, 0.1) is 0 Å². The van der Waals surface area contributed by atoms with Crippen molar-refractivity contribution in [3.8, 4) is 0 Å². The van der Waals surface area contributed by atoms with Gasteiger partial charge in [0, 0.05) is 51.3 Å². The van der Waals surface area contributed by atoms with E-state index in [1.165, 1.54) is 0 Å². The van der Waals surface area contributed by atoms with Crippen LogP contribution < -0.4 is 10.2 Å². The third-order valence-corrected chi connectivity index (χ3v) is 2.99. The Morgan fingerprint density at radius 1 is 1.41 bits per heavy atom. The van der Waals surface area contributed by atoms with Gasteiger partial charge in [-0.1, -0.05) is 0 Å². The fourth-order valence-electron chi connectivity index (χ4n) is 1.88. The highest BCUT2D eigenvalue weighted by atomic mass is 16.2. The van der Waals surface area contributed by atoms with Crippen LogP contribution in [-0.2, 0) is 4.79 Å². The molecule has 1 aliphatic heterocycles. The van der Waals surface area contributed by atoms with E-state index in [2.05, 4.69) is 15.2 Å². The fraction of sp³-hybridized carbons (Fsp3) is 0.500. The van der Waals surface area contributed by atoms with Gasteiger partial charge in [-0.15, -0.1) is 0 Å². The number of hydrogen-bond donors (Lipinski definition) is 1. The van der Waals surface area contributed by atoms with Crippen LogP contribution in [0.1, 0.15) is 0 Å². The molecule has 0 aromatic carbocycles. The smallest absolute Gasteiger partial charge is 0.240 e. The number of carbonyl (C=O) groups excluding carboxylic acids is 1. The normalized spacial score (nSPS) is 16.8. The largest absolute Gasteiger partial charge is 0.314 e. The number of piperazine rings is 1. The summed E-state index contributed by atoms with van der Waals surface area (Å²) in [5.74, 6) is 0.123. The quantitative estimate of drug-likeness (QED) is 0.796. The van der Waals surface area contributed by atoms with Crippen LogP contribution in [0.3, 0.4) is 0 Å². The Morgan fingerprint density at radius 2 is 2.06 bits per heavy atom. The number of nitrogens with zero attached hydrogens (tertiary/aromatic N) is 3. The Kier molecular flexibility index (Phi) is 4.06. The summed E-state index contributed by atoms with van der Waals surface area (Å²) in [6.07, 6.45) is 3.40. The van der Waals surface area contributed by atoms with E-state index in [9.17, 15) is 4.79 Å². The zero-order chi connectivity index (χ0) is 12.1. The first-order chi connectivity index (χ1) is 8.27. The zero-order valence-electron chi connectivity index (χ0n) is 10.1. The van der Waals surface area contributed by atoms with Crippen LogP contribution in [0.4, 0.5) is 5.69 Å². The van der Waals surface area contributed by atoms with E-state index in [1.807, 2.05) is 12.1 Å². The molecule has 5 nitrogen and oxygen atoms in total. The lowest BCUT2D eigenvalue weighted by molar-refractivity contribution is -0.119. The van der Waals surface area contributed by atoms with Gasteiger partial charge >= 0.3 is 0 Å². The summed E-state index contributed by atoms with van der Waals surface area (Å²) in [4.78, 5) is 19.9. The van der Waals surface area contributed by atoms with Gasteiger partial charge in [-0.25, -0.2) is 0 Å². The molecule has 2 rings (SSSR count). The van der Waals surface area contributed by atoms with E-state index in [-0.39, 0.29) is 5.91 Å². The molecule has 1 N–H and O–H groups in total. The minimum atomic E-state index is 0.123. The van der Waals surface area contributed by atoms with E-state index in [4.69, 9.17) is 0 Å². The van der Waals surface area contributed by atoms with Crippen LogP contribution in [0.25, 0.3) is 0 Å². The molecule has 0 radical (unpaired) electrons. The highest BCUT2D eigenvalue weighted by Gasteiger charge is 2.17. The first kappa shape index (κ1) is 12.0. The van der Waals surface area contributed by atoms with Crippen LogP contribution in [0.15, 0.2) is 24.5 Å². The highest BCUT2D eigenvalue weighted by Crippen LogP contribution is 2.10. The summed E-state index contributed by atoms with van der Waals surface area (Å²) in [7, 11) is 1.81. The van der Waals surface area contributed by atoms with Crippen molar-refractivity contribution in [2.24, 2.45) is 0 Å². The lowest BCUT2D eigenvalue weighted by atomic mass is 10.3. The van der Waals surface area contributed by atoms with Crippen molar-refractivity contribution < 1.29 is 4.79 Å². The van der Waals surface area contributed by atoms with E-state index >= 15 is 0 Å². The van der Waals surface area contributed by atoms with Gasteiger partial charge in [-0.2, -0.15) is 0 Å². The molecule has 1 aromatic heterocycles. The molecular weight excluding hydrogens is 216 g/mol. The van der Waals surface area contributed by atoms with Crippen molar-refractivity contribution in [1.29, 1.82) is 0 Å². The van der Waals surface area contributed by atoms with E-state index < -0.39 is 0 Å². The minimum absolute atomic E-state index is 0.123. The molecule has 1 aromatic rings. The summed E-state index contributed by atoms with van der Waals surface area (Å²) in [6, 6.07) is 3.69. The number of anilines is 1. The van der Waals surface area contributed by atoms with Gasteiger partial charge in [0.1, 0.15) is 0 Å². The minimum Gasteiger partial charge on any atom is -0.314 e. The van der Waals surface area contributed by atoms with E-state index in [0.717, 1.165) is 31.9 Å². The first-order valence-electron chi connectivity index (χ1n) is 5.87. The molecule has 1 saturated heterocycles. The number of pyridine rings is 1. The molecule has 2 heterocycles. The number of aromatic nitrogens is 1. The Bertz CT molecular complexity index is 362. The van der Waals surface area contributed by atoms with Crippen molar-refractivity contribution in [2.45, 2.75) is 0 Å². The van der Waals surface area contributed by atoms with Gasteiger partial charge in [0.05, 0.1) is 6.54 Å². The number of likely N-dealkylation sites (N-methyl/N-ethyl adjacent to an activating group) is 1. The van der Waals surface area contributed by atoms with Gasteiger partial charge in [0.25, 0.3) is 0 Å². The molecule has 5 heteroatoms. The average molecular weight is 234 g/mol. The molecule has 0 spiro atoms. The molecule has 0 bridgehead atoms. The van der Waals surface area contributed by atoms with Crippen LogP contribution >= 0.6 is 0 Å². The second kappa shape index (κ2) is 5.75. The maximum Gasteiger partial charge on any atom is 0.240 e. The van der Waals surface area contributed by atoms with Crippen molar-refractivity contribution in [2.75, 3.05) is 44.7 Å². The van der Waals surface area contributed by atoms with Gasteiger partial charge in [0.2, 0.25) is 5.91 Å². The molecule has 0 unspecified atom stereocenters. The van der Waals surface area contributed by atoms with Gasteiger partial charge in [0.15, 0.2) is 0 Å². The summed E-state index contributed by atoms with van der Waals surface area (Å²) in [6.45, 7) is 4.30. The predicted octanol–water partition coefficient (Wildman–Crippen LogP) is -0.0504. The number of nitrogens with one attached hydrogen (secondary N) is 1. The topological polar surface area (TPSA) is 48.5 Å². The zero-order valence-corrected chi connectivity index (χ0v) is 10.1. The first-order valence-corrected chi connectivity index (χ1v) is 5.87. The number of amides is 1. The molecule has 17 heavy (non-hydrogen) atoms. The van der Waals surface area contributed by atoms with Gasteiger partial charge in [-0.05, 0) is 12.1 Å². The summed E-state index contributed by atoms with van der Waals surface area (Å²) in [5.41, 5.74) is 0.889. The maximum atomic E-state index is 12.1. The lowest BCUT2D eigenvalue weighted by Gasteiger charge is -2.28. The SMILES string of the molecule is CN(C(=O)CN1CCNCC1)c1ccncc1. The van der Waals surface area contributed by atoms with E-state index in [1.54, 1.807) is 24.3 Å². The summed E-state index contributed by atoms with van der Waals surface area (Å²) < 4.78 is 0. The van der Waals surface area contributed by atoms with Crippen molar-refractivity contribution in [3.63, 3.8) is 0 Å². The lowest BCUT2D eigenvalue weighted by Crippen LogP contribution is -2.47. The summed E-state index contributed by atoms with van der Waals surface area (Å²) >= 11 is 0. The van der Waals surface area contributed by atoms with Crippen molar-refractivity contribution in [1.82, 2.24) is 15.2 Å². The Hall–Kier alpha value is -1.46. The number of hydrogen-bond acceptors (Lipinski definition) is 4. The Labute approximate surface area is 101 Å². The number of rotatable bonds is 3. The van der Waals surface area contributed by atoms with Gasteiger partial charge in [-0.3, -0.25) is 14.7 Å². The Morgan fingerprint density at radius 3 is 2.71 bits per heavy atom. The third-order valence-electron chi connectivity index (χ3n) is 2.99.